The molecule has 0 spiro atoms. The second-order valence-corrected chi connectivity index (χ2v) is 6.57. The fraction of sp³-hybridized carbons (Fsp3) is 0.647. The lowest BCUT2D eigenvalue weighted by atomic mass is 9.72. The van der Waals surface area contributed by atoms with E-state index in [1.54, 1.807) is 6.20 Å². The van der Waals surface area contributed by atoms with Crippen molar-refractivity contribution in [1.29, 1.82) is 0 Å². The van der Waals surface area contributed by atoms with Crippen LogP contribution in [0, 0.1) is 17.8 Å². The summed E-state index contributed by atoms with van der Waals surface area (Å²) in [5, 5.41) is 8.19. The molecule has 1 N–H and O–H groups in total. The molecule has 4 nitrogen and oxygen atoms in total. The molecule has 0 aliphatic heterocycles. The fourth-order valence-corrected chi connectivity index (χ4v) is 3.73. The van der Waals surface area contributed by atoms with Gasteiger partial charge in [-0.3, -0.25) is 4.98 Å². The number of hydrogen-bond donors (Lipinski definition) is 1. The maximum absolute atomic E-state index is 4.49. The lowest BCUT2D eigenvalue weighted by Gasteiger charge is -2.37. The van der Waals surface area contributed by atoms with Crippen molar-refractivity contribution in [2.24, 2.45) is 17.8 Å². The highest BCUT2D eigenvalue weighted by Gasteiger charge is 2.31. The SMILES string of the molecule is CCNC(c1cnn2ccncc12)C1CCC(C)C(C)C1. The molecule has 3 rings (SSSR count). The highest BCUT2D eigenvalue weighted by Crippen LogP contribution is 2.40. The lowest BCUT2D eigenvalue weighted by molar-refractivity contribution is 0.172. The van der Waals surface area contributed by atoms with Crippen LogP contribution in [0.4, 0.5) is 0 Å². The Morgan fingerprint density at radius 2 is 2.14 bits per heavy atom. The fourth-order valence-electron chi connectivity index (χ4n) is 3.73. The molecule has 0 bridgehead atoms. The monoisotopic (exact) mass is 286 g/mol. The van der Waals surface area contributed by atoms with Crippen LogP contribution >= 0.6 is 0 Å². The van der Waals surface area contributed by atoms with Crippen LogP contribution in [0.25, 0.3) is 5.52 Å². The van der Waals surface area contributed by atoms with Gasteiger partial charge >= 0.3 is 0 Å². The van der Waals surface area contributed by atoms with Crippen LogP contribution < -0.4 is 5.32 Å². The Morgan fingerprint density at radius 3 is 2.90 bits per heavy atom. The van der Waals surface area contributed by atoms with Gasteiger partial charge in [0.1, 0.15) is 0 Å². The topological polar surface area (TPSA) is 42.2 Å². The maximum atomic E-state index is 4.49. The van der Waals surface area contributed by atoms with E-state index in [0.717, 1.165) is 23.9 Å². The van der Waals surface area contributed by atoms with Crippen LogP contribution in [0.2, 0.25) is 0 Å². The quantitative estimate of drug-likeness (QED) is 0.936. The molecule has 0 saturated heterocycles. The van der Waals surface area contributed by atoms with Crippen molar-refractivity contribution >= 4 is 5.52 Å². The van der Waals surface area contributed by atoms with Gasteiger partial charge in [0.05, 0.1) is 17.9 Å². The molecule has 0 aromatic carbocycles. The van der Waals surface area contributed by atoms with E-state index < -0.39 is 0 Å². The first-order valence-corrected chi connectivity index (χ1v) is 8.21. The van der Waals surface area contributed by atoms with Gasteiger partial charge in [0.25, 0.3) is 0 Å². The van der Waals surface area contributed by atoms with Gasteiger partial charge in [-0.05, 0) is 37.1 Å². The number of nitrogens with zero attached hydrogens (tertiary/aromatic N) is 3. The summed E-state index contributed by atoms with van der Waals surface area (Å²) in [6.45, 7) is 7.97. The molecule has 2 aromatic rings. The van der Waals surface area contributed by atoms with Crippen LogP contribution in [0.3, 0.4) is 0 Å². The van der Waals surface area contributed by atoms with Crippen LogP contribution in [-0.2, 0) is 0 Å². The summed E-state index contributed by atoms with van der Waals surface area (Å²) in [4.78, 5) is 4.27. The first-order chi connectivity index (χ1) is 10.2. The Kier molecular flexibility index (Phi) is 4.24. The van der Waals surface area contributed by atoms with Gasteiger partial charge in [0.15, 0.2) is 0 Å². The van der Waals surface area contributed by atoms with Crippen molar-refractivity contribution in [3.63, 3.8) is 0 Å². The Hall–Kier alpha value is -1.42. The van der Waals surface area contributed by atoms with Gasteiger partial charge < -0.3 is 5.32 Å². The van der Waals surface area contributed by atoms with E-state index in [2.05, 4.69) is 36.2 Å². The summed E-state index contributed by atoms with van der Waals surface area (Å²) in [6.07, 6.45) is 11.6. The van der Waals surface area contributed by atoms with Crippen molar-refractivity contribution in [3.8, 4) is 0 Å². The van der Waals surface area contributed by atoms with E-state index in [9.17, 15) is 0 Å². The van der Waals surface area contributed by atoms with Crippen LogP contribution in [0.15, 0.2) is 24.8 Å². The van der Waals surface area contributed by atoms with Crippen molar-refractivity contribution < 1.29 is 0 Å². The van der Waals surface area contributed by atoms with E-state index in [1.807, 2.05) is 23.1 Å². The lowest BCUT2D eigenvalue weighted by Crippen LogP contribution is -2.33. The first-order valence-electron chi connectivity index (χ1n) is 8.21. The summed E-state index contributed by atoms with van der Waals surface area (Å²) in [7, 11) is 0. The number of rotatable bonds is 4. The smallest absolute Gasteiger partial charge is 0.0892 e. The molecular formula is C17H26N4. The van der Waals surface area contributed by atoms with E-state index in [0.29, 0.717) is 12.0 Å². The minimum Gasteiger partial charge on any atom is -0.310 e. The highest BCUT2D eigenvalue weighted by atomic mass is 15.2. The number of aromatic nitrogens is 3. The molecule has 1 saturated carbocycles. The van der Waals surface area contributed by atoms with Gasteiger partial charge in [-0.25, -0.2) is 4.52 Å². The molecule has 1 fully saturated rings. The predicted octanol–water partition coefficient (Wildman–Crippen LogP) is 3.45. The van der Waals surface area contributed by atoms with E-state index in [1.165, 1.54) is 24.8 Å². The molecule has 2 heterocycles. The molecule has 2 aromatic heterocycles. The molecule has 4 unspecified atom stereocenters. The largest absolute Gasteiger partial charge is 0.310 e. The normalized spacial score (nSPS) is 27.9. The third kappa shape index (κ3) is 2.82. The molecule has 114 valence electrons. The highest BCUT2D eigenvalue weighted by molar-refractivity contribution is 5.53. The molecule has 0 radical (unpaired) electrons. The standard InChI is InChI=1S/C17H26N4/c1-4-19-17(14-6-5-12(2)13(3)9-14)15-10-20-21-8-7-18-11-16(15)21/h7-8,10-14,17,19H,4-6,9H2,1-3H3. The number of fused-ring (bicyclic) bond motifs is 1. The third-order valence-electron chi connectivity index (χ3n) is 5.22. The second-order valence-electron chi connectivity index (χ2n) is 6.57. The Bertz CT molecular complexity index is 591. The van der Waals surface area contributed by atoms with Crippen molar-refractivity contribution in [2.75, 3.05) is 6.54 Å². The summed E-state index contributed by atoms with van der Waals surface area (Å²) in [5.74, 6) is 2.36. The zero-order valence-electron chi connectivity index (χ0n) is 13.3. The van der Waals surface area contributed by atoms with Gasteiger partial charge in [0.2, 0.25) is 0 Å². The third-order valence-corrected chi connectivity index (χ3v) is 5.22. The summed E-state index contributed by atoms with van der Waals surface area (Å²) >= 11 is 0. The second kappa shape index (κ2) is 6.14. The van der Waals surface area contributed by atoms with Gasteiger partial charge in [-0.2, -0.15) is 5.10 Å². The average Bonchev–Trinajstić information content (AvgIpc) is 2.92. The van der Waals surface area contributed by atoms with Crippen molar-refractivity contribution in [1.82, 2.24) is 19.9 Å². The maximum Gasteiger partial charge on any atom is 0.0892 e. The minimum absolute atomic E-state index is 0.395. The summed E-state index contributed by atoms with van der Waals surface area (Å²) < 4.78 is 1.93. The molecule has 4 heteroatoms. The zero-order valence-corrected chi connectivity index (χ0v) is 13.3. The van der Waals surface area contributed by atoms with Crippen LogP contribution in [0.1, 0.15) is 51.6 Å². The molecular weight excluding hydrogens is 260 g/mol. The van der Waals surface area contributed by atoms with Gasteiger partial charge in [-0.1, -0.05) is 27.2 Å². The minimum atomic E-state index is 0.395. The van der Waals surface area contributed by atoms with Crippen molar-refractivity contribution in [2.45, 2.75) is 46.1 Å². The Balaban J connectivity index is 1.91. The van der Waals surface area contributed by atoms with Crippen LogP contribution in [-0.4, -0.2) is 21.1 Å². The molecule has 1 aliphatic carbocycles. The molecule has 0 amide bonds. The number of hydrogen-bond acceptors (Lipinski definition) is 3. The molecule has 21 heavy (non-hydrogen) atoms. The van der Waals surface area contributed by atoms with E-state index in [4.69, 9.17) is 0 Å². The Labute approximate surface area is 127 Å². The Morgan fingerprint density at radius 1 is 1.29 bits per heavy atom. The molecule has 4 atom stereocenters. The van der Waals surface area contributed by atoms with E-state index in [-0.39, 0.29) is 0 Å². The van der Waals surface area contributed by atoms with Gasteiger partial charge in [0, 0.05) is 24.0 Å². The zero-order chi connectivity index (χ0) is 14.8. The average molecular weight is 286 g/mol. The van der Waals surface area contributed by atoms with Gasteiger partial charge in [-0.15, -0.1) is 0 Å². The van der Waals surface area contributed by atoms with Crippen LogP contribution in [0.5, 0.6) is 0 Å². The summed E-state index contributed by atoms with van der Waals surface area (Å²) in [5.41, 5.74) is 2.44. The predicted molar refractivity (Wildman–Crippen MR) is 85.1 cm³/mol. The van der Waals surface area contributed by atoms with E-state index >= 15 is 0 Å². The first kappa shape index (κ1) is 14.5. The number of nitrogens with one attached hydrogen (secondary N) is 1. The summed E-state index contributed by atoms with van der Waals surface area (Å²) in [6, 6.07) is 0.395. The van der Waals surface area contributed by atoms with Crippen molar-refractivity contribution in [3.05, 3.63) is 30.4 Å². The molecule has 1 aliphatic rings.